The number of hydrogen-bond acceptors (Lipinski definition) is 6. The van der Waals surface area contributed by atoms with Crippen LogP contribution in [-0.4, -0.2) is 65.6 Å². The van der Waals surface area contributed by atoms with E-state index in [1.165, 1.54) is 82.8 Å². The Labute approximate surface area is 245 Å². The van der Waals surface area contributed by atoms with Gasteiger partial charge in [-0.2, -0.15) is 0 Å². The SMILES string of the molecule is CC(=O)SCCCCCCCCCCCOCCO.CCN(CC)CC.O=C(Cl)c1c(F)c(F)c(F)c(F)c1F. The van der Waals surface area contributed by atoms with Crippen molar-refractivity contribution < 1.29 is 41.4 Å². The number of hydrogen-bond donors (Lipinski definition) is 1. The molecule has 0 saturated carbocycles. The summed E-state index contributed by atoms with van der Waals surface area (Å²) in [5, 5.41) is 7.01. The molecule has 0 aliphatic heterocycles. The van der Waals surface area contributed by atoms with Gasteiger partial charge in [-0.3, -0.25) is 9.59 Å². The average Bonchev–Trinajstić information content (AvgIpc) is 2.92. The number of aliphatic hydroxyl groups excluding tert-OH is 1. The molecule has 0 amide bonds. The van der Waals surface area contributed by atoms with E-state index in [1.807, 2.05) is 0 Å². The van der Waals surface area contributed by atoms with Crippen LogP contribution in [0.1, 0.15) is 95.8 Å². The van der Waals surface area contributed by atoms with E-state index in [1.54, 1.807) is 6.92 Å². The second kappa shape index (κ2) is 26.6. The fraction of sp³-hybridized carbons (Fsp3) is 0.714. The monoisotopic (exact) mass is 621 g/mol. The number of carbonyl (C=O) groups is 2. The zero-order valence-electron chi connectivity index (χ0n) is 24.1. The lowest BCUT2D eigenvalue weighted by Crippen LogP contribution is -2.21. The quantitative estimate of drug-likeness (QED) is 0.0591. The highest BCUT2D eigenvalue weighted by Crippen LogP contribution is 2.24. The zero-order chi connectivity index (χ0) is 30.9. The molecule has 0 heterocycles. The molecule has 12 heteroatoms. The fourth-order valence-electron chi connectivity index (χ4n) is 3.37. The molecule has 40 heavy (non-hydrogen) atoms. The summed E-state index contributed by atoms with van der Waals surface area (Å²) in [6.45, 7) is 13.2. The summed E-state index contributed by atoms with van der Waals surface area (Å²) < 4.78 is 67.6. The van der Waals surface area contributed by atoms with Crippen molar-refractivity contribution in [2.24, 2.45) is 0 Å². The molecule has 0 aromatic heterocycles. The smallest absolute Gasteiger partial charge is 0.258 e. The number of ether oxygens (including phenoxy) is 1. The zero-order valence-corrected chi connectivity index (χ0v) is 25.7. The average molecular weight is 622 g/mol. The van der Waals surface area contributed by atoms with Crippen LogP contribution in [0.4, 0.5) is 22.0 Å². The lowest BCUT2D eigenvalue weighted by molar-refractivity contribution is -0.109. The second-order valence-corrected chi connectivity index (χ2v) is 10.3. The molecular weight excluding hydrogens is 577 g/mol. The molecule has 0 atom stereocenters. The molecule has 1 aromatic carbocycles. The van der Waals surface area contributed by atoms with Crippen molar-refractivity contribution in [3.63, 3.8) is 0 Å². The number of rotatable bonds is 18. The van der Waals surface area contributed by atoms with Gasteiger partial charge in [0.25, 0.3) is 5.24 Å². The predicted octanol–water partition coefficient (Wildman–Crippen LogP) is 7.90. The minimum absolute atomic E-state index is 0.130. The Balaban J connectivity index is 0. The largest absolute Gasteiger partial charge is 0.394 e. The van der Waals surface area contributed by atoms with Crippen molar-refractivity contribution in [1.82, 2.24) is 4.90 Å². The summed E-state index contributed by atoms with van der Waals surface area (Å²) in [7, 11) is 0. The first kappa shape index (κ1) is 40.9. The van der Waals surface area contributed by atoms with Gasteiger partial charge in [-0.25, -0.2) is 22.0 Å². The molecule has 1 rings (SSSR count). The summed E-state index contributed by atoms with van der Waals surface area (Å²) in [5.41, 5.74) is -1.65. The van der Waals surface area contributed by atoms with Gasteiger partial charge in [0, 0.05) is 19.3 Å². The number of benzene rings is 1. The summed E-state index contributed by atoms with van der Waals surface area (Å²) in [6.07, 6.45) is 11.4. The van der Waals surface area contributed by atoms with E-state index in [0.29, 0.717) is 6.61 Å². The summed E-state index contributed by atoms with van der Waals surface area (Å²) in [5.74, 6) is -10.2. The van der Waals surface area contributed by atoms with E-state index in [4.69, 9.17) is 9.84 Å². The first-order valence-electron chi connectivity index (χ1n) is 13.7. The highest BCUT2D eigenvalue weighted by Gasteiger charge is 2.28. The maximum atomic E-state index is 12.6. The van der Waals surface area contributed by atoms with E-state index >= 15 is 0 Å². The highest BCUT2D eigenvalue weighted by atomic mass is 35.5. The molecule has 1 N–H and O–H groups in total. The van der Waals surface area contributed by atoms with Crippen LogP contribution in [0.25, 0.3) is 0 Å². The Morgan fingerprint density at radius 3 is 1.48 bits per heavy atom. The Hall–Kier alpha value is -1.27. The van der Waals surface area contributed by atoms with Crippen LogP contribution in [0, 0.1) is 29.1 Å². The molecule has 0 fully saturated rings. The van der Waals surface area contributed by atoms with E-state index in [0.717, 1.165) is 18.8 Å². The lowest BCUT2D eigenvalue weighted by Gasteiger charge is -2.13. The summed E-state index contributed by atoms with van der Waals surface area (Å²) in [4.78, 5) is 23.4. The van der Waals surface area contributed by atoms with E-state index < -0.39 is 39.9 Å². The Morgan fingerprint density at radius 2 is 1.12 bits per heavy atom. The van der Waals surface area contributed by atoms with Gasteiger partial charge in [-0.1, -0.05) is 77.5 Å². The van der Waals surface area contributed by atoms with Crippen molar-refractivity contribution in [3.8, 4) is 0 Å². The van der Waals surface area contributed by atoms with Crippen molar-refractivity contribution in [1.29, 1.82) is 0 Å². The maximum absolute atomic E-state index is 12.6. The lowest BCUT2D eigenvalue weighted by atomic mass is 10.1. The van der Waals surface area contributed by atoms with Crippen molar-refractivity contribution in [2.75, 3.05) is 45.2 Å². The number of halogens is 6. The van der Waals surface area contributed by atoms with E-state index in [2.05, 4.69) is 37.3 Å². The van der Waals surface area contributed by atoms with Gasteiger partial charge in [0.1, 0.15) is 5.56 Å². The van der Waals surface area contributed by atoms with Gasteiger partial charge in [-0.15, -0.1) is 0 Å². The Bertz CT molecular complexity index is 798. The fourth-order valence-corrected chi connectivity index (χ4v) is 4.18. The Morgan fingerprint density at radius 1 is 0.725 bits per heavy atom. The molecule has 0 radical (unpaired) electrons. The van der Waals surface area contributed by atoms with Crippen LogP contribution in [0.2, 0.25) is 0 Å². The third-order valence-corrected chi connectivity index (χ3v) is 6.81. The highest BCUT2D eigenvalue weighted by molar-refractivity contribution is 8.13. The van der Waals surface area contributed by atoms with Crippen LogP contribution in [0.15, 0.2) is 0 Å². The molecule has 0 spiro atoms. The third-order valence-electron chi connectivity index (χ3n) is 5.72. The van der Waals surface area contributed by atoms with Gasteiger partial charge >= 0.3 is 0 Å². The normalized spacial score (nSPS) is 10.6. The molecule has 5 nitrogen and oxygen atoms in total. The number of aliphatic hydroxyl groups is 1. The molecular formula is C28H45ClF5NO4S. The van der Waals surface area contributed by atoms with Gasteiger partial charge in [0.2, 0.25) is 5.82 Å². The third kappa shape index (κ3) is 19.7. The van der Waals surface area contributed by atoms with Gasteiger partial charge < -0.3 is 14.7 Å². The first-order chi connectivity index (χ1) is 19.0. The van der Waals surface area contributed by atoms with Crippen molar-refractivity contribution in [3.05, 3.63) is 34.6 Å². The van der Waals surface area contributed by atoms with Crippen molar-refractivity contribution in [2.45, 2.75) is 85.5 Å². The van der Waals surface area contributed by atoms with Crippen LogP contribution in [0.5, 0.6) is 0 Å². The predicted molar refractivity (Wildman–Crippen MR) is 152 cm³/mol. The van der Waals surface area contributed by atoms with Crippen molar-refractivity contribution >= 4 is 33.7 Å². The van der Waals surface area contributed by atoms with Gasteiger partial charge in [0.15, 0.2) is 28.4 Å². The standard InChI is InChI=1S/C15H30O3S.C7ClF5O.C6H15N/c1-15(17)19-14-10-8-6-4-2-3-5-7-9-12-18-13-11-16;8-7(14)1-2(9)4(11)6(13)5(12)3(1)10;1-4-7(5-2)6-3/h16H,2-14H2,1H3;;4-6H2,1-3H3. The van der Waals surface area contributed by atoms with Gasteiger partial charge in [0.05, 0.1) is 13.2 Å². The van der Waals surface area contributed by atoms with Crippen LogP contribution < -0.4 is 0 Å². The minimum atomic E-state index is -2.33. The first-order valence-corrected chi connectivity index (χ1v) is 15.1. The molecule has 1 aromatic rings. The van der Waals surface area contributed by atoms with Crippen LogP contribution in [-0.2, 0) is 9.53 Å². The Kier molecular flexibility index (Phi) is 27.2. The van der Waals surface area contributed by atoms with E-state index in [-0.39, 0.29) is 11.7 Å². The summed E-state index contributed by atoms with van der Waals surface area (Å²) >= 11 is 6.08. The minimum Gasteiger partial charge on any atom is -0.394 e. The second-order valence-electron chi connectivity index (χ2n) is 8.70. The van der Waals surface area contributed by atoms with Gasteiger partial charge in [-0.05, 0) is 44.1 Å². The summed E-state index contributed by atoms with van der Waals surface area (Å²) in [6, 6.07) is 0. The van der Waals surface area contributed by atoms with Crippen LogP contribution >= 0.6 is 23.4 Å². The molecule has 0 bridgehead atoms. The number of thioether (sulfide) groups is 1. The van der Waals surface area contributed by atoms with Crippen LogP contribution in [0.3, 0.4) is 0 Å². The molecule has 0 saturated heterocycles. The number of carbonyl (C=O) groups excluding carboxylic acids is 2. The molecule has 0 aliphatic carbocycles. The maximum Gasteiger partial charge on any atom is 0.258 e. The van der Waals surface area contributed by atoms with E-state index in [9.17, 15) is 31.5 Å². The molecule has 234 valence electrons. The molecule has 0 aliphatic rings. The number of nitrogens with zero attached hydrogens (tertiary/aromatic N) is 1. The molecule has 0 unspecified atom stereocenters. The number of unbranched alkanes of at least 4 members (excludes halogenated alkanes) is 8. The topological polar surface area (TPSA) is 66.8 Å².